The Labute approximate surface area is 103 Å². The number of carbonyl (C=O) groups is 2. The van der Waals surface area contributed by atoms with Crippen LogP contribution in [-0.2, 0) is 20.7 Å². The lowest BCUT2D eigenvalue weighted by molar-refractivity contribution is -0.148. The highest BCUT2D eigenvalue weighted by molar-refractivity contribution is 9.10. The second kappa shape index (κ2) is 5.80. The van der Waals surface area contributed by atoms with E-state index in [2.05, 4.69) is 20.7 Å². The number of halogens is 1. The Morgan fingerprint density at radius 2 is 1.88 bits per heavy atom. The quantitative estimate of drug-likeness (QED) is 0.630. The summed E-state index contributed by atoms with van der Waals surface area (Å²) < 4.78 is 5.57. The maximum absolute atomic E-state index is 11.4. The second-order valence-electron chi connectivity index (χ2n) is 3.52. The number of rotatable bonds is 4. The summed E-state index contributed by atoms with van der Waals surface area (Å²) in [5, 5.41) is 0. The van der Waals surface area contributed by atoms with Gasteiger partial charge in [-0.2, -0.15) is 0 Å². The van der Waals surface area contributed by atoms with E-state index >= 15 is 0 Å². The molecular formula is C12H13BrO3. The van der Waals surface area contributed by atoms with Gasteiger partial charge in [0.15, 0.2) is 0 Å². The zero-order valence-electron chi connectivity index (χ0n) is 9.20. The van der Waals surface area contributed by atoms with Crippen LogP contribution in [0, 0.1) is 5.92 Å². The summed E-state index contributed by atoms with van der Waals surface area (Å²) in [6.07, 6.45) is 0.384. The van der Waals surface area contributed by atoms with Crippen molar-refractivity contribution < 1.29 is 14.3 Å². The van der Waals surface area contributed by atoms with E-state index in [1.165, 1.54) is 14.0 Å². The minimum absolute atomic E-state index is 0.172. The molecule has 0 heterocycles. The van der Waals surface area contributed by atoms with Crippen LogP contribution in [0.1, 0.15) is 12.5 Å². The minimum atomic E-state index is -0.703. The fraction of sp³-hybridized carbons (Fsp3) is 0.333. The number of methoxy groups -OCH3 is 1. The van der Waals surface area contributed by atoms with Gasteiger partial charge >= 0.3 is 5.97 Å². The highest BCUT2D eigenvalue weighted by atomic mass is 79.9. The van der Waals surface area contributed by atoms with Crippen LogP contribution in [0.5, 0.6) is 0 Å². The summed E-state index contributed by atoms with van der Waals surface area (Å²) >= 11 is 3.32. The number of hydrogen-bond acceptors (Lipinski definition) is 3. The van der Waals surface area contributed by atoms with E-state index in [1.54, 1.807) is 0 Å². The van der Waals surface area contributed by atoms with Gasteiger partial charge in [0.2, 0.25) is 0 Å². The topological polar surface area (TPSA) is 43.4 Å². The summed E-state index contributed by atoms with van der Waals surface area (Å²) in [5.74, 6) is -1.35. The van der Waals surface area contributed by atoms with Crippen molar-refractivity contribution in [3.8, 4) is 0 Å². The molecule has 1 aromatic rings. The molecule has 0 saturated carbocycles. The Balaban J connectivity index is 2.80. The predicted octanol–water partition coefficient (Wildman–Crippen LogP) is 2.37. The Morgan fingerprint density at radius 3 is 2.31 bits per heavy atom. The molecule has 0 N–H and O–H groups in total. The Morgan fingerprint density at radius 1 is 1.31 bits per heavy atom. The molecule has 0 aliphatic carbocycles. The van der Waals surface area contributed by atoms with Gasteiger partial charge < -0.3 is 4.74 Å². The maximum Gasteiger partial charge on any atom is 0.316 e. The summed E-state index contributed by atoms with van der Waals surface area (Å²) in [6, 6.07) is 7.51. The molecule has 0 fully saturated rings. The maximum atomic E-state index is 11.4. The fourth-order valence-corrected chi connectivity index (χ4v) is 1.66. The molecule has 3 nitrogen and oxygen atoms in total. The first-order valence-electron chi connectivity index (χ1n) is 4.87. The molecule has 0 saturated heterocycles. The first-order valence-corrected chi connectivity index (χ1v) is 5.66. The average molecular weight is 285 g/mol. The molecule has 0 spiro atoms. The number of Topliss-reactive ketones (excluding diaryl/α,β-unsaturated/α-hetero) is 1. The van der Waals surface area contributed by atoms with E-state index in [0.717, 1.165) is 10.0 Å². The lowest BCUT2D eigenvalue weighted by Crippen LogP contribution is -2.25. The molecule has 4 heteroatoms. The molecule has 0 amide bonds. The molecule has 16 heavy (non-hydrogen) atoms. The van der Waals surface area contributed by atoms with Gasteiger partial charge in [0, 0.05) is 4.47 Å². The smallest absolute Gasteiger partial charge is 0.316 e. The van der Waals surface area contributed by atoms with Gasteiger partial charge in [-0.1, -0.05) is 28.1 Å². The molecule has 1 unspecified atom stereocenters. The van der Waals surface area contributed by atoms with E-state index in [9.17, 15) is 9.59 Å². The molecule has 0 aliphatic rings. The summed E-state index contributed by atoms with van der Waals surface area (Å²) in [6.45, 7) is 1.40. The standard InChI is InChI=1S/C12H13BrO3/c1-8(14)11(12(15)16-2)7-9-3-5-10(13)6-4-9/h3-6,11H,7H2,1-2H3. The molecule has 1 aromatic carbocycles. The van der Waals surface area contributed by atoms with E-state index in [-0.39, 0.29) is 5.78 Å². The second-order valence-corrected chi connectivity index (χ2v) is 4.43. The van der Waals surface area contributed by atoms with Crippen molar-refractivity contribution in [1.82, 2.24) is 0 Å². The van der Waals surface area contributed by atoms with Crippen molar-refractivity contribution in [2.45, 2.75) is 13.3 Å². The van der Waals surface area contributed by atoms with Crippen LogP contribution in [0.2, 0.25) is 0 Å². The number of ether oxygens (including phenoxy) is 1. The lowest BCUT2D eigenvalue weighted by atomic mass is 9.96. The van der Waals surface area contributed by atoms with Gasteiger partial charge in [0.1, 0.15) is 11.7 Å². The average Bonchev–Trinajstić information content (AvgIpc) is 2.27. The van der Waals surface area contributed by atoms with E-state index < -0.39 is 11.9 Å². The van der Waals surface area contributed by atoms with Gasteiger partial charge in [0.25, 0.3) is 0 Å². The van der Waals surface area contributed by atoms with Crippen molar-refractivity contribution in [2.24, 2.45) is 5.92 Å². The van der Waals surface area contributed by atoms with Crippen molar-refractivity contribution >= 4 is 27.7 Å². The van der Waals surface area contributed by atoms with E-state index in [4.69, 9.17) is 0 Å². The third kappa shape index (κ3) is 3.45. The first-order chi connectivity index (χ1) is 7.54. The van der Waals surface area contributed by atoms with Crippen molar-refractivity contribution in [3.05, 3.63) is 34.3 Å². The SMILES string of the molecule is COC(=O)C(Cc1ccc(Br)cc1)C(C)=O. The van der Waals surface area contributed by atoms with Gasteiger partial charge in [0.05, 0.1) is 7.11 Å². The van der Waals surface area contributed by atoms with Crippen LogP contribution >= 0.6 is 15.9 Å². The molecule has 86 valence electrons. The third-order valence-electron chi connectivity index (χ3n) is 2.33. The zero-order chi connectivity index (χ0) is 12.1. The predicted molar refractivity (Wildman–Crippen MR) is 64.0 cm³/mol. The lowest BCUT2D eigenvalue weighted by Gasteiger charge is -2.11. The van der Waals surface area contributed by atoms with Crippen LogP contribution in [0.3, 0.4) is 0 Å². The summed E-state index contributed by atoms with van der Waals surface area (Å²) in [4.78, 5) is 22.7. The third-order valence-corrected chi connectivity index (χ3v) is 2.86. The van der Waals surface area contributed by atoms with Gasteiger partial charge in [-0.3, -0.25) is 9.59 Å². The fourth-order valence-electron chi connectivity index (χ4n) is 1.39. The van der Waals surface area contributed by atoms with Crippen LogP contribution < -0.4 is 0 Å². The Kier molecular flexibility index (Phi) is 4.68. The number of hydrogen-bond donors (Lipinski definition) is 0. The molecule has 0 bridgehead atoms. The van der Waals surface area contributed by atoms with Crippen LogP contribution in [0.4, 0.5) is 0 Å². The molecule has 0 aromatic heterocycles. The summed E-state index contributed by atoms with van der Waals surface area (Å²) in [7, 11) is 1.29. The van der Waals surface area contributed by atoms with Gasteiger partial charge in [-0.15, -0.1) is 0 Å². The monoisotopic (exact) mass is 284 g/mol. The van der Waals surface area contributed by atoms with Gasteiger partial charge in [-0.05, 0) is 31.0 Å². The van der Waals surface area contributed by atoms with Crippen LogP contribution in [0.25, 0.3) is 0 Å². The number of ketones is 1. The highest BCUT2D eigenvalue weighted by Gasteiger charge is 2.24. The van der Waals surface area contributed by atoms with Crippen molar-refractivity contribution in [2.75, 3.05) is 7.11 Å². The molecule has 0 radical (unpaired) electrons. The normalized spacial score (nSPS) is 11.9. The number of benzene rings is 1. The number of carbonyl (C=O) groups excluding carboxylic acids is 2. The summed E-state index contributed by atoms with van der Waals surface area (Å²) in [5.41, 5.74) is 0.939. The first kappa shape index (κ1) is 12.9. The van der Waals surface area contributed by atoms with Crippen molar-refractivity contribution in [1.29, 1.82) is 0 Å². The molecular weight excluding hydrogens is 272 g/mol. The Bertz CT molecular complexity index is 384. The largest absolute Gasteiger partial charge is 0.468 e. The van der Waals surface area contributed by atoms with E-state index in [1.807, 2.05) is 24.3 Å². The molecule has 0 aliphatic heterocycles. The van der Waals surface area contributed by atoms with E-state index in [0.29, 0.717) is 6.42 Å². The minimum Gasteiger partial charge on any atom is -0.468 e. The Hall–Kier alpha value is -1.16. The highest BCUT2D eigenvalue weighted by Crippen LogP contribution is 2.15. The zero-order valence-corrected chi connectivity index (χ0v) is 10.8. The van der Waals surface area contributed by atoms with Gasteiger partial charge in [-0.25, -0.2) is 0 Å². The van der Waals surface area contributed by atoms with Crippen LogP contribution in [-0.4, -0.2) is 18.9 Å². The van der Waals surface area contributed by atoms with Crippen LogP contribution in [0.15, 0.2) is 28.7 Å². The molecule has 1 atom stereocenters. The van der Waals surface area contributed by atoms with Crippen molar-refractivity contribution in [3.63, 3.8) is 0 Å². The molecule has 1 rings (SSSR count). The number of esters is 1.